The van der Waals surface area contributed by atoms with Crippen molar-refractivity contribution in [3.8, 4) is 0 Å². The van der Waals surface area contributed by atoms with Crippen molar-refractivity contribution in [1.29, 1.82) is 0 Å². The molecule has 0 aromatic carbocycles. The van der Waals surface area contributed by atoms with Crippen molar-refractivity contribution in [1.82, 2.24) is 0 Å². The van der Waals surface area contributed by atoms with E-state index in [4.69, 9.17) is 14.2 Å². The van der Waals surface area contributed by atoms with Crippen LogP contribution in [0.15, 0.2) is 0 Å². The highest BCUT2D eigenvalue weighted by Crippen LogP contribution is 2.18. The van der Waals surface area contributed by atoms with E-state index in [1.165, 1.54) is 199 Å². The third-order valence-electron chi connectivity index (χ3n) is 12.7. The van der Waals surface area contributed by atoms with Crippen LogP contribution in [0.1, 0.15) is 304 Å². The van der Waals surface area contributed by atoms with Gasteiger partial charge in [0.1, 0.15) is 13.2 Å². The van der Waals surface area contributed by atoms with Crippen molar-refractivity contribution in [3.05, 3.63) is 0 Å². The molecule has 0 fully saturated rings. The van der Waals surface area contributed by atoms with E-state index in [1.54, 1.807) is 0 Å². The second kappa shape index (κ2) is 48.4. The van der Waals surface area contributed by atoms with Crippen LogP contribution in [0.25, 0.3) is 0 Å². The maximum atomic E-state index is 12.8. The molecule has 0 rings (SSSR count). The molecule has 0 saturated heterocycles. The third-order valence-corrected chi connectivity index (χ3v) is 12.7. The molecular weight excluding hydrogens is 745 g/mol. The fraction of sp³-hybridized carbons (Fsp3) is 0.944. The second-order valence-corrected chi connectivity index (χ2v) is 18.8. The lowest BCUT2D eigenvalue weighted by Gasteiger charge is -2.18. The molecule has 2 atom stereocenters. The summed E-state index contributed by atoms with van der Waals surface area (Å²) < 4.78 is 16.8. The SMILES string of the molecule is CCCCCCCCCCCCCCCCC(=O)OC[C@@H](COC(=O)CCCCCCCCCCCC)OC(=O)CCCCCCCCCCCCCCCCC(C)CC. The van der Waals surface area contributed by atoms with E-state index < -0.39 is 6.10 Å². The number of carbonyl (C=O) groups is 3. The van der Waals surface area contributed by atoms with Crippen LogP contribution in [0.4, 0.5) is 0 Å². The average molecular weight is 849 g/mol. The number of ether oxygens (including phenoxy) is 3. The Balaban J connectivity index is 4.27. The molecule has 6 heteroatoms. The highest BCUT2D eigenvalue weighted by molar-refractivity contribution is 5.71. The van der Waals surface area contributed by atoms with Gasteiger partial charge in [-0.2, -0.15) is 0 Å². The van der Waals surface area contributed by atoms with Crippen molar-refractivity contribution in [3.63, 3.8) is 0 Å². The topological polar surface area (TPSA) is 78.9 Å². The van der Waals surface area contributed by atoms with Crippen molar-refractivity contribution in [2.75, 3.05) is 13.2 Å². The number of rotatable bonds is 49. The lowest BCUT2D eigenvalue weighted by atomic mass is 9.99. The number of carbonyl (C=O) groups excluding carboxylic acids is 3. The Morgan fingerprint density at radius 2 is 0.583 bits per heavy atom. The predicted molar refractivity (Wildman–Crippen MR) is 257 cm³/mol. The molecule has 0 aliphatic carbocycles. The first kappa shape index (κ1) is 58.4. The fourth-order valence-electron chi connectivity index (χ4n) is 8.19. The van der Waals surface area contributed by atoms with Gasteiger partial charge in [0, 0.05) is 19.3 Å². The van der Waals surface area contributed by atoms with Gasteiger partial charge < -0.3 is 14.2 Å². The van der Waals surface area contributed by atoms with Crippen LogP contribution >= 0.6 is 0 Å². The Bertz CT molecular complexity index is 905. The molecule has 0 aliphatic rings. The summed E-state index contributed by atoms with van der Waals surface area (Å²) in [6.07, 6.45) is 50.8. The first-order chi connectivity index (χ1) is 29.4. The molecule has 0 saturated carbocycles. The zero-order valence-electron chi connectivity index (χ0n) is 40.9. The van der Waals surface area contributed by atoms with Gasteiger partial charge in [-0.3, -0.25) is 14.4 Å². The molecule has 356 valence electrons. The van der Waals surface area contributed by atoms with Crippen molar-refractivity contribution in [2.45, 2.75) is 310 Å². The Hall–Kier alpha value is -1.59. The van der Waals surface area contributed by atoms with E-state index in [1.807, 2.05) is 0 Å². The molecular formula is C54H104O6. The highest BCUT2D eigenvalue weighted by Gasteiger charge is 2.19. The molecule has 6 nitrogen and oxygen atoms in total. The predicted octanol–water partition coefficient (Wildman–Crippen LogP) is 17.5. The molecule has 0 aromatic rings. The van der Waals surface area contributed by atoms with E-state index in [9.17, 15) is 14.4 Å². The number of esters is 3. The van der Waals surface area contributed by atoms with Crippen LogP contribution in [-0.2, 0) is 28.6 Å². The van der Waals surface area contributed by atoms with E-state index in [-0.39, 0.29) is 31.1 Å². The molecule has 0 aliphatic heterocycles. The molecule has 0 N–H and O–H groups in total. The Morgan fingerprint density at radius 3 is 0.867 bits per heavy atom. The Kier molecular flexibility index (Phi) is 47.2. The summed E-state index contributed by atoms with van der Waals surface area (Å²) in [5.41, 5.74) is 0. The smallest absolute Gasteiger partial charge is 0.306 e. The van der Waals surface area contributed by atoms with E-state index >= 15 is 0 Å². The average Bonchev–Trinajstić information content (AvgIpc) is 3.25. The fourth-order valence-corrected chi connectivity index (χ4v) is 8.19. The van der Waals surface area contributed by atoms with Crippen LogP contribution < -0.4 is 0 Å². The Morgan fingerprint density at radius 1 is 0.333 bits per heavy atom. The number of hydrogen-bond acceptors (Lipinski definition) is 6. The summed E-state index contributed by atoms with van der Waals surface area (Å²) in [5, 5.41) is 0. The zero-order valence-corrected chi connectivity index (χ0v) is 40.9. The van der Waals surface area contributed by atoms with E-state index in [0.29, 0.717) is 19.3 Å². The maximum Gasteiger partial charge on any atom is 0.306 e. The first-order valence-electron chi connectivity index (χ1n) is 26.9. The molecule has 0 amide bonds. The minimum atomic E-state index is -0.760. The second-order valence-electron chi connectivity index (χ2n) is 18.8. The van der Waals surface area contributed by atoms with Gasteiger partial charge >= 0.3 is 17.9 Å². The molecule has 60 heavy (non-hydrogen) atoms. The lowest BCUT2D eigenvalue weighted by Crippen LogP contribution is -2.30. The highest BCUT2D eigenvalue weighted by atomic mass is 16.6. The van der Waals surface area contributed by atoms with Gasteiger partial charge in [-0.05, 0) is 25.2 Å². The van der Waals surface area contributed by atoms with Gasteiger partial charge in [-0.25, -0.2) is 0 Å². The minimum absolute atomic E-state index is 0.0624. The van der Waals surface area contributed by atoms with Crippen LogP contribution in [-0.4, -0.2) is 37.2 Å². The molecule has 0 bridgehead atoms. The maximum absolute atomic E-state index is 12.8. The molecule has 0 radical (unpaired) electrons. The van der Waals surface area contributed by atoms with Gasteiger partial charge in [0.05, 0.1) is 0 Å². The van der Waals surface area contributed by atoms with Gasteiger partial charge in [0.15, 0.2) is 6.10 Å². The van der Waals surface area contributed by atoms with Crippen LogP contribution in [0, 0.1) is 5.92 Å². The summed E-state index contributed by atoms with van der Waals surface area (Å²) in [4.78, 5) is 37.9. The molecule has 1 unspecified atom stereocenters. The van der Waals surface area contributed by atoms with Crippen LogP contribution in [0.2, 0.25) is 0 Å². The number of hydrogen-bond donors (Lipinski definition) is 0. The van der Waals surface area contributed by atoms with Crippen LogP contribution in [0.3, 0.4) is 0 Å². The van der Waals surface area contributed by atoms with Gasteiger partial charge in [-0.15, -0.1) is 0 Å². The Labute approximate surface area is 374 Å². The van der Waals surface area contributed by atoms with Crippen molar-refractivity contribution in [2.24, 2.45) is 5.92 Å². The van der Waals surface area contributed by atoms with Gasteiger partial charge in [-0.1, -0.05) is 265 Å². The van der Waals surface area contributed by atoms with Crippen LogP contribution in [0.5, 0.6) is 0 Å². The number of unbranched alkanes of at least 4 members (excludes halogenated alkanes) is 35. The normalized spacial score (nSPS) is 12.4. The zero-order chi connectivity index (χ0) is 43.8. The lowest BCUT2D eigenvalue weighted by molar-refractivity contribution is -0.167. The van der Waals surface area contributed by atoms with Crippen molar-refractivity contribution < 1.29 is 28.6 Å². The molecule has 0 aromatic heterocycles. The van der Waals surface area contributed by atoms with Gasteiger partial charge in [0.25, 0.3) is 0 Å². The standard InChI is InChI=1S/C54H104O6/c1-5-8-10-12-14-16-18-19-23-26-30-34-38-42-46-53(56)59-49-51(48-58-52(55)45-41-37-33-29-17-15-13-11-9-6-2)60-54(57)47-43-39-35-31-27-24-21-20-22-25-28-32-36-40-44-50(4)7-3/h50-51H,5-49H2,1-4H3/t50?,51-/m1/s1. The third kappa shape index (κ3) is 45.9. The summed E-state index contributed by atoms with van der Waals surface area (Å²) in [7, 11) is 0. The molecule has 0 heterocycles. The summed E-state index contributed by atoms with van der Waals surface area (Å²) in [6.45, 7) is 9.07. The largest absolute Gasteiger partial charge is 0.462 e. The minimum Gasteiger partial charge on any atom is -0.462 e. The monoisotopic (exact) mass is 849 g/mol. The van der Waals surface area contributed by atoms with E-state index in [0.717, 1.165) is 63.7 Å². The molecule has 0 spiro atoms. The van der Waals surface area contributed by atoms with Gasteiger partial charge in [0.2, 0.25) is 0 Å². The summed E-state index contributed by atoms with van der Waals surface area (Å²) in [5.74, 6) is 0.0520. The quantitative estimate of drug-likeness (QED) is 0.0345. The summed E-state index contributed by atoms with van der Waals surface area (Å²) >= 11 is 0. The van der Waals surface area contributed by atoms with Crippen molar-refractivity contribution >= 4 is 17.9 Å². The first-order valence-corrected chi connectivity index (χ1v) is 26.9. The summed E-state index contributed by atoms with van der Waals surface area (Å²) in [6, 6.07) is 0. The van der Waals surface area contributed by atoms with E-state index in [2.05, 4.69) is 27.7 Å².